The zero-order chi connectivity index (χ0) is 13.8. The van der Waals surface area contributed by atoms with E-state index in [1.54, 1.807) is 0 Å². The van der Waals surface area contributed by atoms with Gasteiger partial charge in [0.05, 0.1) is 6.61 Å². The molecule has 0 heterocycles. The number of rotatable bonds is 6. The summed E-state index contributed by atoms with van der Waals surface area (Å²) in [5, 5.41) is 4.13. The van der Waals surface area contributed by atoms with Crippen LogP contribution in [0.5, 0.6) is 5.75 Å². The largest absolute Gasteiger partial charge is 0.492 e. The minimum Gasteiger partial charge on any atom is -0.492 e. The molecule has 0 spiro atoms. The van der Waals surface area contributed by atoms with E-state index in [0.29, 0.717) is 6.61 Å². The molecule has 0 atom stereocenters. The molecule has 2 nitrogen and oxygen atoms in total. The maximum atomic E-state index is 6.02. The summed E-state index contributed by atoms with van der Waals surface area (Å²) in [6.45, 7) is 13.2. The highest BCUT2D eigenvalue weighted by molar-refractivity contribution is 6.30. The number of hydrogen-bond acceptors (Lipinski definition) is 2. The molecule has 3 heteroatoms. The second kappa shape index (κ2) is 6.44. The van der Waals surface area contributed by atoms with Crippen molar-refractivity contribution in [2.75, 3.05) is 19.7 Å². The molecule has 0 bridgehead atoms. The SMILES string of the molecule is CCNCC(C)(C)COc1c(C)cc(Cl)cc1C. The molecule has 0 saturated heterocycles. The molecule has 1 rings (SSSR count). The fraction of sp³-hybridized carbons (Fsp3) is 0.600. The van der Waals surface area contributed by atoms with Crippen molar-refractivity contribution in [3.63, 3.8) is 0 Å². The van der Waals surface area contributed by atoms with Gasteiger partial charge in [0.15, 0.2) is 0 Å². The predicted molar refractivity (Wildman–Crippen MR) is 78.7 cm³/mol. The van der Waals surface area contributed by atoms with Crippen LogP contribution in [0.1, 0.15) is 31.9 Å². The lowest BCUT2D eigenvalue weighted by Gasteiger charge is -2.26. The van der Waals surface area contributed by atoms with Crippen molar-refractivity contribution < 1.29 is 4.74 Å². The average molecular weight is 270 g/mol. The lowest BCUT2D eigenvalue weighted by atomic mass is 9.95. The molecule has 0 amide bonds. The van der Waals surface area contributed by atoms with Crippen molar-refractivity contribution in [1.82, 2.24) is 5.32 Å². The molecule has 1 aromatic rings. The minimum absolute atomic E-state index is 0.120. The molecule has 0 aliphatic carbocycles. The molecule has 1 aromatic carbocycles. The maximum absolute atomic E-state index is 6.02. The van der Waals surface area contributed by atoms with Gasteiger partial charge in [0.1, 0.15) is 5.75 Å². The van der Waals surface area contributed by atoms with E-state index in [2.05, 4.69) is 26.1 Å². The van der Waals surface area contributed by atoms with E-state index in [1.807, 2.05) is 26.0 Å². The van der Waals surface area contributed by atoms with Gasteiger partial charge in [-0.25, -0.2) is 0 Å². The highest BCUT2D eigenvalue weighted by Crippen LogP contribution is 2.28. The molecule has 1 N–H and O–H groups in total. The number of halogens is 1. The van der Waals surface area contributed by atoms with Gasteiger partial charge >= 0.3 is 0 Å². The van der Waals surface area contributed by atoms with E-state index < -0.39 is 0 Å². The summed E-state index contributed by atoms with van der Waals surface area (Å²) in [7, 11) is 0. The first-order valence-electron chi connectivity index (χ1n) is 6.46. The lowest BCUT2D eigenvalue weighted by Crippen LogP contribution is -2.34. The summed E-state index contributed by atoms with van der Waals surface area (Å²) in [5.41, 5.74) is 2.31. The highest BCUT2D eigenvalue weighted by Gasteiger charge is 2.19. The van der Waals surface area contributed by atoms with E-state index in [-0.39, 0.29) is 5.41 Å². The van der Waals surface area contributed by atoms with Crippen LogP contribution in [0.2, 0.25) is 5.02 Å². The van der Waals surface area contributed by atoms with Gasteiger partial charge in [-0.2, -0.15) is 0 Å². The number of nitrogens with one attached hydrogen (secondary N) is 1. The second-order valence-electron chi connectivity index (χ2n) is 5.60. The quantitative estimate of drug-likeness (QED) is 0.844. The molecular formula is C15H24ClNO. The van der Waals surface area contributed by atoms with Crippen LogP contribution in [0.15, 0.2) is 12.1 Å². The molecule has 102 valence electrons. The highest BCUT2D eigenvalue weighted by atomic mass is 35.5. The Bertz CT molecular complexity index is 378. The standard InChI is InChI=1S/C15H24ClNO/c1-6-17-9-15(4,5)10-18-14-11(2)7-13(16)8-12(14)3/h7-8,17H,6,9-10H2,1-5H3. The molecular weight excluding hydrogens is 246 g/mol. The first-order chi connectivity index (χ1) is 8.35. The van der Waals surface area contributed by atoms with E-state index in [1.165, 1.54) is 0 Å². The topological polar surface area (TPSA) is 21.3 Å². The van der Waals surface area contributed by atoms with Crippen LogP contribution < -0.4 is 10.1 Å². The van der Waals surface area contributed by atoms with Crippen molar-refractivity contribution in [1.29, 1.82) is 0 Å². The summed E-state index contributed by atoms with van der Waals surface area (Å²) in [4.78, 5) is 0. The Morgan fingerprint density at radius 2 is 1.78 bits per heavy atom. The van der Waals surface area contributed by atoms with Crippen LogP contribution in [0.25, 0.3) is 0 Å². The van der Waals surface area contributed by atoms with Gasteiger partial charge in [-0.05, 0) is 43.7 Å². The summed E-state index contributed by atoms with van der Waals surface area (Å²) in [6, 6.07) is 3.89. The Morgan fingerprint density at radius 1 is 1.22 bits per heavy atom. The van der Waals surface area contributed by atoms with Crippen LogP contribution in [-0.2, 0) is 0 Å². The van der Waals surface area contributed by atoms with Gasteiger partial charge in [0, 0.05) is 17.0 Å². The Balaban J connectivity index is 2.69. The van der Waals surface area contributed by atoms with Gasteiger partial charge in [-0.3, -0.25) is 0 Å². The van der Waals surface area contributed by atoms with E-state index >= 15 is 0 Å². The number of aryl methyl sites for hydroxylation is 2. The smallest absolute Gasteiger partial charge is 0.125 e. The molecule has 0 fully saturated rings. The number of benzene rings is 1. The summed E-state index contributed by atoms with van der Waals surface area (Å²) in [5.74, 6) is 0.962. The number of hydrogen-bond donors (Lipinski definition) is 1. The van der Waals surface area contributed by atoms with E-state index in [4.69, 9.17) is 16.3 Å². The third-order valence-electron chi connectivity index (χ3n) is 2.89. The predicted octanol–water partition coefficient (Wildman–Crippen LogP) is 3.97. The van der Waals surface area contributed by atoms with Crippen LogP contribution in [0.3, 0.4) is 0 Å². The van der Waals surface area contributed by atoms with Crippen molar-refractivity contribution in [2.24, 2.45) is 5.41 Å². The Morgan fingerprint density at radius 3 is 2.28 bits per heavy atom. The summed E-state index contributed by atoms with van der Waals surface area (Å²) in [6.07, 6.45) is 0. The molecule has 0 aromatic heterocycles. The van der Waals surface area contributed by atoms with Crippen molar-refractivity contribution in [3.8, 4) is 5.75 Å². The van der Waals surface area contributed by atoms with E-state index in [0.717, 1.165) is 35.0 Å². The molecule has 0 aliphatic rings. The van der Waals surface area contributed by atoms with Gasteiger partial charge in [0.25, 0.3) is 0 Å². The number of ether oxygens (including phenoxy) is 1. The average Bonchev–Trinajstić information content (AvgIpc) is 2.24. The first-order valence-corrected chi connectivity index (χ1v) is 6.84. The zero-order valence-corrected chi connectivity index (χ0v) is 12.8. The summed E-state index contributed by atoms with van der Waals surface area (Å²) < 4.78 is 5.99. The second-order valence-corrected chi connectivity index (χ2v) is 6.04. The lowest BCUT2D eigenvalue weighted by molar-refractivity contribution is 0.175. The fourth-order valence-corrected chi connectivity index (χ4v) is 2.23. The molecule has 0 unspecified atom stereocenters. The normalized spacial score (nSPS) is 11.7. The summed E-state index contributed by atoms with van der Waals surface area (Å²) >= 11 is 6.02. The van der Waals surface area contributed by atoms with Gasteiger partial charge in [0.2, 0.25) is 0 Å². The van der Waals surface area contributed by atoms with Crippen LogP contribution >= 0.6 is 11.6 Å². The third kappa shape index (κ3) is 4.51. The van der Waals surface area contributed by atoms with Gasteiger partial charge in [-0.1, -0.05) is 32.4 Å². The molecule has 18 heavy (non-hydrogen) atoms. The molecule has 0 aliphatic heterocycles. The molecule has 0 saturated carbocycles. The van der Waals surface area contributed by atoms with Crippen LogP contribution in [0, 0.1) is 19.3 Å². The first kappa shape index (κ1) is 15.3. The maximum Gasteiger partial charge on any atom is 0.125 e. The Labute approximate surface area is 116 Å². The molecule has 0 radical (unpaired) electrons. The van der Waals surface area contributed by atoms with Gasteiger partial charge < -0.3 is 10.1 Å². The minimum atomic E-state index is 0.120. The van der Waals surface area contributed by atoms with Crippen LogP contribution in [0.4, 0.5) is 0 Å². The van der Waals surface area contributed by atoms with Crippen molar-refractivity contribution in [2.45, 2.75) is 34.6 Å². The van der Waals surface area contributed by atoms with Crippen LogP contribution in [-0.4, -0.2) is 19.7 Å². The zero-order valence-electron chi connectivity index (χ0n) is 12.1. The van der Waals surface area contributed by atoms with E-state index in [9.17, 15) is 0 Å². The fourth-order valence-electron chi connectivity index (χ4n) is 1.91. The Hall–Kier alpha value is -0.730. The third-order valence-corrected chi connectivity index (χ3v) is 3.10. The Kier molecular flexibility index (Phi) is 5.48. The van der Waals surface area contributed by atoms with Gasteiger partial charge in [-0.15, -0.1) is 0 Å². The monoisotopic (exact) mass is 269 g/mol. The van der Waals surface area contributed by atoms with Crippen molar-refractivity contribution >= 4 is 11.6 Å². The van der Waals surface area contributed by atoms with Crippen molar-refractivity contribution in [3.05, 3.63) is 28.3 Å².